The van der Waals surface area contributed by atoms with Gasteiger partial charge < -0.3 is 10.3 Å². The average molecular weight is 189 g/mol. The molecule has 0 aliphatic heterocycles. The summed E-state index contributed by atoms with van der Waals surface area (Å²) in [6, 6.07) is 0. The van der Waals surface area contributed by atoms with Crippen LogP contribution in [0.3, 0.4) is 0 Å². The van der Waals surface area contributed by atoms with Gasteiger partial charge in [-0.15, -0.1) is 0 Å². The summed E-state index contributed by atoms with van der Waals surface area (Å²) in [5.41, 5.74) is 5.04. The quantitative estimate of drug-likeness (QED) is 0.377. The van der Waals surface area contributed by atoms with E-state index in [9.17, 15) is 13.0 Å². The maximum absolute atomic E-state index is 10.2. The van der Waals surface area contributed by atoms with Crippen LogP contribution < -0.4 is 35.3 Å². The second-order valence-electron chi connectivity index (χ2n) is 2.17. The molecule has 0 aliphatic carbocycles. The van der Waals surface area contributed by atoms with E-state index in [0.29, 0.717) is 6.42 Å². The molecule has 0 aliphatic rings. The first-order chi connectivity index (χ1) is 4.48. The van der Waals surface area contributed by atoms with Crippen molar-refractivity contribution in [2.45, 2.75) is 31.6 Å². The van der Waals surface area contributed by atoms with E-state index in [2.05, 4.69) is 0 Å². The van der Waals surface area contributed by atoms with Gasteiger partial charge in [-0.3, -0.25) is 0 Å². The summed E-state index contributed by atoms with van der Waals surface area (Å²) in [5.74, 6) is 0. The normalized spacial score (nSPS) is 13.7. The van der Waals surface area contributed by atoms with Gasteiger partial charge in [-0.2, -0.15) is 0 Å². The van der Waals surface area contributed by atoms with Gasteiger partial charge in [0, 0.05) is 0 Å². The van der Waals surface area contributed by atoms with Gasteiger partial charge in [0.2, 0.25) is 0 Å². The Morgan fingerprint density at radius 3 is 2.27 bits per heavy atom. The molecule has 0 spiro atoms. The molecule has 6 heteroatoms. The molecule has 1 unspecified atom stereocenters. The Morgan fingerprint density at radius 2 is 2.00 bits per heavy atom. The van der Waals surface area contributed by atoms with Crippen LogP contribution in [0, 0.1) is 0 Å². The van der Waals surface area contributed by atoms with E-state index < -0.39 is 15.5 Å². The first kappa shape index (κ1) is 14.4. The van der Waals surface area contributed by atoms with Gasteiger partial charge >= 0.3 is 29.6 Å². The third kappa shape index (κ3) is 7.24. The standard InChI is InChI=1S/C5H13NO3S.Na/c1-2-3-4-5(6)10(7,8)9;/h5H,2-4,6H2,1H3,(H,7,8,9);/q;+1/p-1. The summed E-state index contributed by atoms with van der Waals surface area (Å²) < 4.78 is 30.5. The zero-order valence-corrected chi connectivity index (χ0v) is 9.73. The van der Waals surface area contributed by atoms with Crippen molar-refractivity contribution in [2.24, 2.45) is 5.73 Å². The molecule has 2 N–H and O–H groups in total. The molecule has 62 valence electrons. The molecular weight excluding hydrogens is 177 g/mol. The smallest absolute Gasteiger partial charge is 0.747 e. The molecule has 0 saturated heterocycles. The van der Waals surface area contributed by atoms with E-state index in [-0.39, 0.29) is 36.0 Å². The molecule has 0 amide bonds. The summed E-state index contributed by atoms with van der Waals surface area (Å²) in [4.78, 5) is 0. The molecule has 0 rings (SSSR count). The number of hydrogen-bond acceptors (Lipinski definition) is 4. The fraction of sp³-hybridized carbons (Fsp3) is 1.00. The molecule has 0 aromatic heterocycles. The Kier molecular flexibility index (Phi) is 8.37. The van der Waals surface area contributed by atoms with Crippen molar-refractivity contribution < 1.29 is 42.5 Å². The molecule has 1 atom stereocenters. The number of rotatable bonds is 4. The van der Waals surface area contributed by atoms with Gasteiger partial charge in [0.1, 0.15) is 10.1 Å². The summed E-state index contributed by atoms with van der Waals surface area (Å²) in [5, 5.41) is -1.22. The first-order valence-electron chi connectivity index (χ1n) is 3.18. The zero-order valence-electron chi connectivity index (χ0n) is 6.91. The van der Waals surface area contributed by atoms with Gasteiger partial charge in [0.25, 0.3) is 0 Å². The van der Waals surface area contributed by atoms with Crippen LogP contribution in [0.2, 0.25) is 0 Å². The monoisotopic (exact) mass is 189 g/mol. The third-order valence-corrected chi connectivity index (χ3v) is 2.19. The minimum atomic E-state index is -4.25. The van der Waals surface area contributed by atoms with Crippen LogP contribution >= 0.6 is 0 Å². The van der Waals surface area contributed by atoms with Crippen molar-refractivity contribution in [3.05, 3.63) is 0 Å². The largest absolute Gasteiger partial charge is 1.00 e. The van der Waals surface area contributed by atoms with Crippen LogP contribution in [0.15, 0.2) is 0 Å². The Balaban J connectivity index is 0. The number of hydrogen-bond donors (Lipinski definition) is 1. The summed E-state index contributed by atoms with van der Waals surface area (Å²) >= 11 is 0. The van der Waals surface area contributed by atoms with Gasteiger partial charge in [0.05, 0.1) is 5.37 Å². The van der Waals surface area contributed by atoms with E-state index in [1.807, 2.05) is 6.92 Å². The maximum Gasteiger partial charge on any atom is 1.00 e. The minimum absolute atomic E-state index is 0. The van der Waals surface area contributed by atoms with Crippen LogP contribution in [0.25, 0.3) is 0 Å². The maximum atomic E-state index is 10.2. The van der Waals surface area contributed by atoms with Crippen molar-refractivity contribution in [3.63, 3.8) is 0 Å². The number of nitrogens with two attached hydrogens (primary N) is 1. The Labute approximate surface area is 89.6 Å². The van der Waals surface area contributed by atoms with Gasteiger partial charge in [0.15, 0.2) is 0 Å². The second kappa shape index (κ2) is 6.39. The Hall–Kier alpha value is 0.870. The van der Waals surface area contributed by atoms with E-state index in [0.717, 1.165) is 6.42 Å². The topological polar surface area (TPSA) is 83.2 Å². The van der Waals surface area contributed by atoms with Gasteiger partial charge in [-0.25, -0.2) is 8.42 Å². The van der Waals surface area contributed by atoms with Crippen LogP contribution in [0.5, 0.6) is 0 Å². The average Bonchev–Trinajstić information content (AvgIpc) is 1.80. The van der Waals surface area contributed by atoms with Crippen LogP contribution in [0.1, 0.15) is 26.2 Å². The van der Waals surface area contributed by atoms with Crippen molar-refractivity contribution in [3.8, 4) is 0 Å². The summed E-state index contributed by atoms with van der Waals surface area (Å²) in [7, 11) is -4.25. The SMILES string of the molecule is CCCCC(N)S(=O)(=O)[O-].[Na+]. The molecule has 0 aromatic rings. The molecule has 0 radical (unpaired) electrons. The molecular formula is C5H12NNaO3S. The van der Waals surface area contributed by atoms with Crippen LogP contribution in [0.4, 0.5) is 0 Å². The van der Waals surface area contributed by atoms with Crippen molar-refractivity contribution in [2.75, 3.05) is 0 Å². The summed E-state index contributed by atoms with van der Waals surface area (Å²) in [6.45, 7) is 1.91. The second-order valence-corrected chi connectivity index (χ2v) is 3.76. The molecule has 11 heavy (non-hydrogen) atoms. The molecule has 0 bridgehead atoms. The fourth-order valence-electron chi connectivity index (χ4n) is 0.550. The molecule has 0 heterocycles. The van der Waals surface area contributed by atoms with Crippen molar-refractivity contribution in [1.82, 2.24) is 0 Å². The van der Waals surface area contributed by atoms with Crippen molar-refractivity contribution >= 4 is 10.1 Å². The first-order valence-corrected chi connectivity index (χ1v) is 4.66. The molecule has 0 aromatic carbocycles. The minimum Gasteiger partial charge on any atom is -0.747 e. The van der Waals surface area contributed by atoms with E-state index in [4.69, 9.17) is 5.73 Å². The third-order valence-electron chi connectivity index (χ3n) is 1.21. The number of unbranched alkanes of at least 4 members (excludes halogenated alkanes) is 1. The predicted molar refractivity (Wildman–Crippen MR) is 37.2 cm³/mol. The molecule has 0 saturated carbocycles. The zero-order chi connectivity index (χ0) is 8.20. The predicted octanol–water partition coefficient (Wildman–Crippen LogP) is -2.99. The van der Waals surface area contributed by atoms with Crippen LogP contribution in [-0.4, -0.2) is 18.3 Å². The van der Waals surface area contributed by atoms with Crippen LogP contribution in [-0.2, 0) is 10.1 Å². The van der Waals surface area contributed by atoms with E-state index in [1.165, 1.54) is 0 Å². The Morgan fingerprint density at radius 1 is 1.55 bits per heavy atom. The van der Waals surface area contributed by atoms with Crippen molar-refractivity contribution in [1.29, 1.82) is 0 Å². The van der Waals surface area contributed by atoms with Gasteiger partial charge in [-0.05, 0) is 6.42 Å². The fourth-order valence-corrected chi connectivity index (χ4v) is 1.00. The Bertz CT molecular complexity index is 180. The molecule has 0 fully saturated rings. The molecule has 4 nitrogen and oxygen atoms in total. The summed E-state index contributed by atoms with van der Waals surface area (Å²) in [6.07, 6.45) is 1.80. The van der Waals surface area contributed by atoms with Gasteiger partial charge in [-0.1, -0.05) is 19.8 Å². The van der Waals surface area contributed by atoms with E-state index in [1.54, 1.807) is 0 Å². The van der Waals surface area contributed by atoms with E-state index >= 15 is 0 Å².